The summed E-state index contributed by atoms with van der Waals surface area (Å²) in [6.45, 7) is 5.20. The van der Waals surface area contributed by atoms with E-state index >= 15 is 0 Å². The van der Waals surface area contributed by atoms with Gasteiger partial charge < -0.3 is 4.90 Å². The zero-order chi connectivity index (χ0) is 14.7. The molecule has 3 rings (SSSR count). The van der Waals surface area contributed by atoms with E-state index in [1.165, 1.54) is 15.6 Å². The molecule has 0 N–H and O–H groups in total. The maximum atomic E-state index is 4.65. The highest BCUT2D eigenvalue weighted by atomic mass is 32.2. The minimum Gasteiger partial charge on any atom is -0.335 e. The molecule has 1 aliphatic heterocycles. The summed E-state index contributed by atoms with van der Waals surface area (Å²) in [4.78, 5) is 8.31. The zero-order valence-electron chi connectivity index (χ0n) is 12.3. The molecule has 0 radical (unpaired) electrons. The maximum absolute atomic E-state index is 4.65. The number of anilines is 1. The van der Waals surface area contributed by atoms with Crippen LogP contribution in [0, 0.1) is 0 Å². The average Bonchev–Trinajstić information content (AvgIpc) is 2.85. The summed E-state index contributed by atoms with van der Waals surface area (Å²) in [5.74, 6) is 0. The monoisotopic (exact) mass is 294 g/mol. The lowest BCUT2D eigenvalue weighted by Gasteiger charge is -2.17. The SMILES string of the molecule is CCN1/C(=C\C(C)=Nc2ccccc2)Sc2ccccc21. The number of benzene rings is 2. The fourth-order valence-corrected chi connectivity index (χ4v) is 3.63. The van der Waals surface area contributed by atoms with Crippen LogP contribution in [-0.2, 0) is 0 Å². The Bertz CT molecular complexity index is 689. The minimum absolute atomic E-state index is 0.967. The fourth-order valence-electron chi connectivity index (χ4n) is 2.40. The number of rotatable bonds is 3. The van der Waals surface area contributed by atoms with Gasteiger partial charge in [0.2, 0.25) is 0 Å². The number of allylic oxidation sites excluding steroid dienone is 1. The first-order valence-electron chi connectivity index (χ1n) is 7.14. The lowest BCUT2D eigenvalue weighted by molar-refractivity contribution is 1.00. The molecule has 0 aliphatic carbocycles. The second-order valence-electron chi connectivity index (χ2n) is 4.89. The summed E-state index contributed by atoms with van der Waals surface area (Å²) < 4.78 is 0. The van der Waals surface area contributed by atoms with Crippen LogP contribution >= 0.6 is 11.8 Å². The predicted octanol–water partition coefficient (Wildman–Crippen LogP) is 5.25. The van der Waals surface area contributed by atoms with Crippen molar-refractivity contribution in [3.8, 4) is 0 Å². The topological polar surface area (TPSA) is 15.6 Å². The number of nitrogens with zero attached hydrogens (tertiary/aromatic N) is 2. The van der Waals surface area contributed by atoms with Crippen molar-refractivity contribution in [3.05, 3.63) is 65.7 Å². The quantitative estimate of drug-likeness (QED) is 0.718. The van der Waals surface area contributed by atoms with E-state index < -0.39 is 0 Å². The summed E-state index contributed by atoms with van der Waals surface area (Å²) in [5, 5.41) is 1.25. The molecular formula is C18H18N2S. The second kappa shape index (κ2) is 6.19. The van der Waals surface area contributed by atoms with Gasteiger partial charge in [0.1, 0.15) is 0 Å². The zero-order valence-corrected chi connectivity index (χ0v) is 13.1. The van der Waals surface area contributed by atoms with Crippen LogP contribution in [0.3, 0.4) is 0 Å². The van der Waals surface area contributed by atoms with Gasteiger partial charge in [0.15, 0.2) is 0 Å². The lowest BCUT2D eigenvalue weighted by atomic mass is 10.3. The molecule has 0 spiro atoms. The molecule has 0 saturated carbocycles. The summed E-state index contributed by atoms with van der Waals surface area (Å²) in [6, 6.07) is 18.6. The Morgan fingerprint density at radius 3 is 2.57 bits per heavy atom. The van der Waals surface area contributed by atoms with Crippen LogP contribution in [0.5, 0.6) is 0 Å². The Kier molecular flexibility index (Phi) is 4.11. The van der Waals surface area contributed by atoms with Crippen molar-refractivity contribution in [1.82, 2.24) is 0 Å². The Balaban J connectivity index is 1.89. The fraction of sp³-hybridized carbons (Fsp3) is 0.167. The van der Waals surface area contributed by atoms with Crippen molar-refractivity contribution in [1.29, 1.82) is 0 Å². The van der Waals surface area contributed by atoms with Gasteiger partial charge in [0.05, 0.1) is 16.4 Å². The molecule has 0 aromatic heterocycles. The van der Waals surface area contributed by atoms with Crippen LogP contribution in [0.25, 0.3) is 0 Å². The molecule has 0 atom stereocenters. The molecule has 1 aliphatic rings. The van der Waals surface area contributed by atoms with Gasteiger partial charge in [-0.15, -0.1) is 0 Å². The summed E-state index contributed by atoms with van der Waals surface area (Å²) in [7, 11) is 0. The van der Waals surface area contributed by atoms with Crippen LogP contribution < -0.4 is 4.90 Å². The highest BCUT2D eigenvalue weighted by Crippen LogP contribution is 2.45. The number of para-hydroxylation sites is 2. The van der Waals surface area contributed by atoms with Gasteiger partial charge in [0, 0.05) is 17.2 Å². The lowest BCUT2D eigenvalue weighted by Crippen LogP contribution is -2.17. The highest BCUT2D eigenvalue weighted by molar-refractivity contribution is 8.03. The van der Waals surface area contributed by atoms with Crippen molar-refractivity contribution >= 4 is 28.8 Å². The Morgan fingerprint density at radius 2 is 1.81 bits per heavy atom. The number of hydrogen-bond acceptors (Lipinski definition) is 3. The van der Waals surface area contributed by atoms with E-state index in [4.69, 9.17) is 0 Å². The van der Waals surface area contributed by atoms with Crippen molar-refractivity contribution in [2.45, 2.75) is 18.7 Å². The van der Waals surface area contributed by atoms with Crippen LogP contribution in [0.4, 0.5) is 11.4 Å². The molecular weight excluding hydrogens is 276 g/mol. The van der Waals surface area contributed by atoms with Crippen molar-refractivity contribution in [3.63, 3.8) is 0 Å². The first kappa shape index (κ1) is 14.0. The Labute approximate surface area is 130 Å². The molecule has 21 heavy (non-hydrogen) atoms. The molecule has 1 heterocycles. The Hall–Kier alpha value is -2.00. The van der Waals surface area contributed by atoms with E-state index in [2.05, 4.69) is 54.1 Å². The van der Waals surface area contributed by atoms with Crippen LogP contribution in [0.1, 0.15) is 13.8 Å². The molecule has 106 valence electrons. The molecule has 2 nitrogen and oxygen atoms in total. The molecule has 0 bridgehead atoms. The van der Waals surface area contributed by atoms with Gasteiger partial charge in [-0.1, -0.05) is 42.1 Å². The van der Waals surface area contributed by atoms with Gasteiger partial charge in [-0.2, -0.15) is 0 Å². The van der Waals surface area contributed by atoms with E-state index in [9.17, 15) is 0 Å². The first-order chi connectivity index (χ1) is 10.3. The van der Waals surface area contributed by atoms with Gasteiger partial charge in [0.25, 0.3) is 0 Å². The average molecular weight is 294 g/mol. The summed E-state index contributed by atoms with van der Waals surface area (Å²) in [6.07, 6.45) is 2.17. The van der Waals surface area contributed by atoms with Crippen LogP contribution in [0.15, 0.2) is 75.6 Å². The van der Waals surface area contributed by atoms with Crippen molar-refractivity contribution < 1.29 is 0 Å². The smallest absolute Gasteiger partial charge is 0.0819 e. The van der Waals surface area contributed by atoms with E-state index in [-0.39, 0.29) is 0 Å². The minimum atomic E-state index is 0.967. The predicted molar refractivity (Wildman–Crippen MR) is 92.6 cm³/mol. The van der Waals surface area contributed by atoms with Crippen molar-refractivity contribution in [2.24, 2.45) is 4.99 Å². The van der Waals surface area contributed by atoms with E-state index in [0.717, 1.165) is 17.9 Å². The van der Waals surface area contributed by atoms with Gasteiger partial charge in [-0.3, -0.25) is 4.99 Å². The van der Waals surface area contributed by atoms with Gasteiger partial charge >= 0.3 is 0 Å². The molecule has 3 heteroatoms. The molecule has 0 saturated heterocycles. The number of aliphatic imine (C=N–C) groups is 1. The molecule has 2 aromatic carbocycles. The van der Waals surface area contributed by atoms with Crippen LogP contribution in [0.2, 0.25) is 0 Å². The molecule has 0 amide bonds. The maximum Gasteiger partial charge on any atom is 0.0819 e. The van der Waals surface area contributed by atoms with Crippen molar-refractivity contribution in [2.75, 3.05) is 11.4 Å². The highest BCUT2D eigenvalue weighted by Gasteiger charge is 2.23. The number of hydrogen-bond donors (Lipinski definition) is 0. The van der Waals surface area contributed by atoms with Gasteiger partial charge in [-0.25, -0.2) is 0 Å². The normalized spacial score (nSPS) is 16.4. The van der Waals surface area contributed by atoms with E-state index in [1.807, 2.05) is 42.1 Å². The third-order valence-corrected chi connectivity index (χ3v) is 4.46. The summed E-state index contributed by atoms with van der Waals surface area (Å²) >= 11 is 1.81. The number of thioether (sulfide) groups is 1. The second-order valence-corrected chi connectivity index (χ2v) is 5.95. The van der Waals surface area contributed by atoms with E-state index in [0.29, 0.717) is 0 Å². The first-order valence-corrected chi connectivity index (χ1v) is 7.96. The summed E-state index contributed by atoms with van der Waals surface area (Å²) in [5.41, 5.74) is 3.31. The molecule has 0 unspecified atom stereocenters. The van der Waals surface area contributed by atoms with Gasteiger partial charge in [-0.05, 0) is 44.2 Å². The Morgan fingerprint density at radius 1 is 1.10 bits per heavy atom. The third-order valence-electron chi connectivity index (χ3n) is 3.35. The third kappa shape index (κ3) is 3.03. The standard InChI is InChI=1S/C18H18N2S/c1-3-20-16-11-7-8-12-17(16)21-18(20)13-14(2)19-15-9-5-4-6-10-15/h4-13H,3H2,1-2H3/b18-13+,19-14?. The van der Waals surface area contributed by atoms with Crippen LogP contribution in [-0.4, -0.2) is 12.3 Å². The van der Waals surface area contributed by atoms with E-state index in [1.54, 1.807) is 0 Å². The number of fused-ring (bicyclic) bond motifs is 1. The largest absolute Gasteiger partial charge is 0.335 e. The molecule has 2 aromatic rings. The molecule has 0 fully saturated rings.